The summed E-state index contributed by atoms with van der Waals surface area (Å²) in [5.41, 5.74) is 0. The Morgan fingerprint density at radius 3 is 2.41 bits per heavy atom. The van der Waals surface area contributed by atoms with Gasteiger partial charge in [-0.05, 0) is 6.42 Å². The van der Waals surface area contributed by atoms with Crippen LogP contribution in [0.25, 0.3) is 0 Å². The van der Waals surface area contributed by atoms with Gasteiger partial charge in [0.15, 0.2) is 0 Å². The van der Waals surface area contributed by atoms with Crippen molar-refractivity contribution in [1.29, 1.82) is 0 Å². The van der Waals surface area contributed by atoms with Crippen molar-refractivity contribution < 1.29 is 27.9 Å². The summed E-state index contributed by atoms with van der Waals surface area (Å²) in [6, 6.07) is -1.15. The lowest BCUT2D eigenvalue weighted by Crippen LogP contribution is -2.42. The Balaban J connectivity index is 4.40. The van der Waals surface area contributed by atoms with Crippen molar-refractivity contribution in [3.05, 3.63) is 0 Å². The van der Waals surface area contributed by atoms with E-state index in [0.717, 1.165) is 7.11 Å². The summed E-state index contributed by atoms with van der Waals surface area (Å²) in [5, 5.41) is 8.77. The minimum atomic E-state index is -3.78. The molecule has 0 aromatic rings. The first-order valence-electron chi connectivity index (χ1n) is 5.12. The number of rotatable bonds is 8. The zero-order valence-electron chi connectivity index (χ0n) is 9.80. The van der Waals surface area contributed by atoms with Gasteiger partial charge in [0.1, 0.15) is 6.04 Å². The number of sulfonamides is 1. The van der Waals surface area contributed by atoms with Crippen molar-refractivity contribution in [3.8, 4) is 0 Å². The van der Waals surface area contributed by atoms with Gasteiger partial charge in [0.05, 0.1) is 19.3 Å². The maximum absolute atomic E-state index is 11.5. The highest BCUT2D eigenvalue weighted by molar-refractivity contribution is 7.89. The van der Waals surface area contributed by atoms with E-state index in [1.807, 2.05) is 4.72 Å². The molecular formula is C9H17NO6S. The first-order valence-corrected chi connectivity index (χ1v) is 6.77. The van der Waals surface area contributed by atoms with Crippen molar-refractivity contribution in [2.24, 2.45) is 0 Å². The maximum Gasteiger partial charge on any atom is 0.321 e. The molecule has 0 aliphatic heterocycles. The molecule has 1 atom stereocenters. The molecule has 0 aromatic carbocycles. The molecule has 100 valence electrons. The molecule has 0 aliphatic carbocycles. The Hall–Kier alpha value is -1.15. The van der Waals surface area contributed by atoms with Crippen LogP contribution in [0.4, 0.5) is 0 Å². The van der Waals surface area contributed by atoms with E-state index in [9.17, 15) is 18.0 Å². The predicted molar refractivity (Wildman–Crippen MR) is 59.9 cm³/mol. The summed E-state index contributed by atoms with van der Waals surface area (Å²) in [6.45, 7) is 1.75. The fourth-order valence-electron chi connectivity index (χ4n) is 1.12. The Labute approximate surface area is 100 Å². The highest BCUT2D eigenvalue weighted by atomic mass is 32.2. The van der Waals surface area contributed by atoms with Crippen molar-refractivity contribution in [1.82, 2.24) is 4.72 Å². The number of carboxylic acid groups (broad SMARTS) is 1. The van der Waals surface area contributed by atoms with E-state index in [1.165, 1.54) is 0 Å². The average molecular weight is 267 g/mol. The quantitative estimate of drug-likeness (QED) is 0.585. The van der Waals surface area contributed by atoms with E-state index >= 15 is 0 Å². The normalized spacial score (nSPS) is 13.1. The smallest absolute Gasteiger partial charge is 0.321 e. The van der Waals surface area contributed by atoms with Gasteiger partial charge in [-0.25, -0.2) is 13.1 Å². The average Bonchev–Trinajstić information content (AvgIpc) is 2.25. The van der Waals surface area contributed by atoms with E-state index < -0.39 is 33.8 Å². The van der Waals surface area contributed by atoms with Crippen molar-refractivity contribution in [2.75, 3.05) is 12.9 Å². The van der Waals surface area contributed by atoms with Crippen LogP contribution in [0.2, 0.25) is 0 Å². The van der Waals surface area contributed by atoms with Crippen molar-refractivity contribution >= 4 is 22.0 Å². The number of carbonyl (C=O) groups excluding carboxylic acids is 1. The standard InChI is InChI=1S/C9H17NO6S/c1-3-4-7(9(12)13)10-17(14,15)6-5-8(11)16-2/h7,10H,3-6H2,1-2H3,(H,12,13)/t7-/m1/s1. The SMILES string of the molecule is CCC[C@@H](NS(=O)(=O)CCC(=O)OC)C(=O)O. The third-order valence-electron chi connectivity index (χ3n) is 2.00. The summed E-state index contributed by atoms with van der Waals surface area (Å²) in [6.07, 6.45) is 0.438. The van der Waals surface area contributed by atoms with Crippen LogP contribution in [-0.2, 0) is 24.3 Å². The lowest BCUT2D eigenvalue weighted by atomic mass is 10.2. The van der Waals surface area contributed by atoms with Crippen LogP contribution in [0.1, 0.15) is 26.2 Å². The number of hydrogen-bond donors (Lipinski definition) is 2. The molecule has 8 heteroatoms. The summed E-state index contributed by atoms with van der Waals surface area (Å²) in [7, 11) is -2.63. The second-order valence-corrected chi connectivity index (χ2v) is 5.32. The largest absolute Gasteiger partial charge is 0.480 e. The molecule has 0 saturated heterocycles. The number of esters is 1. The van der Waals surface area contributed by atoms with Gasteiger partial charge < -0.3 is 9.84 Å². The molecule has 0 radical (unpaired) electrons. The predicted octanol–water partition coefficient (Wildman–Crippen LogP) is -0.278. The van der Waals surface area contributed by atoms with E-state index in [1.54, 1.807) is 6.92 Å². The van der Waals surface area contributed by atoms with E-state index in [2.05, 4.69) is 4.74 Å². The number of methoxy groups -OCH3 is 1. The number of carboxylic acids is 1. The maximum atomic E-state index is 11.5. The van der Waals surface area contributed by atoms with E-state index in [4.69, 9.17) is 5.11 Å². The molecule has 0 amide bonds. The molecule has 7 nitrogen and oxygen atoms in total. The summed E-state index contributed by atoms with van der Waals surface area (Å²) in [5.74, 6) is -2.36. The van der Waals surface area contributed by atoms with Gasteiger partial charge in [0.2, 0.25) is 10.0 Å². The Morgan fingerprint density at radius 2 is 2.00 bits per heavy atom. The van der Waals surface area contributed by atoms with E-state index in [-0.39, 0.29) is 12.8 Å². The summed E-state index contributed by atoms with van der Waals surface area (Å²) >= 11 is 0. The monoisotopic (exact) mass is 267 g/mol. The summed E-state index contributed by atoms with van der Waals surface area (Å²) < 4.78 is 29.3. The van der Waals surface area contributed by atoms with E-state index in [0.29, 0.717) is 6.42 Å². The molecule has 0 fully saturated rings. The van der Waals surface area contributed by atoms with Crippen LogP contribution in [0.15, 0.2) is 0 Å². The third-order valence-corrected chi connectivity index (χ3v) is 3.39. The zero-order valence-corrected chi connectivity index (χ0v) is 10.6. The van der Waals surface area contributed by atoms with Gasteiger partial charge >= 0.3 is 11.9 Å². The first kappa shape index (κ1) is 15.9. The van der Waals surface area contributed by atoms with Gasteiger partial charge in [0.25, 0.3) is 0 Å². The fraction of sp³-hybridized carbons (Fsp3) is 0.778. The van der Waals surface area contributed by atoms with Crippen LogP contribution in [0.5, 0.6) is 0 Å². The number of nitrogens with one attached hydrogen (secondary N) is 1. The van der Waals surface area contributed by atoms with Crippen molar-refractivity contribution in [2.45, 2.75) is 32.2 Å². The van der Waals surface area contributed by atoms with Crippen LogP contribution in [0.3, 0.4) is 0 Å². The molecule has 0 saturated carbocycles. The van der Waals surface area contributed by atoms with Gasteiger partial charge in [0, 0.05) is 0 Å². The molecule has 0 rings (SSSR count). The highest BCUT2D eigenvalue weighted by Crippen LogP contribution is 2.01. The highest BCUT2D eigenvalue weighted by Gasteiger charge is 2.23. The van der Waals surface area contributed by atoms with Crippen LogP contribution in [0, 0.1) is 0 Å². The summed E-state index contributed by atoms with van der Waals surface area (Å²) in [4.78, 5) is 21.5. The molecule has 0 aliphatic rings. The molecule has 0 aromatic heterocycles. The topological polar surface area (TPSA) is 110 Å². The third kappa shape index (κ3) is 6.90. The molecule has 0 heterocycles. The minimum absolute atomic E-state index is 0.201. The van der Waals surface area contributed by atoms with Crippen LogP contribution < -0.4 is 4.72 Å². The molecular weight excluding hydrogens is 250 g/mol. The zero-order chi connectivity index (χ0) is 13.5. The van der Waals surface area contributed by atoms with Crippen molar-refractivity contribution in [3.63, 3.8) is 0 Å². The minimum Gasteiger partial charge on any atom is -0.480 e. The van der Waals surface area contributed by atoms with Gasteiger partial charge in [-0.15, -0.1) is 0 Å². The van der Waals surface area contributed by atoms with Gasteiger partial charge in [-0.3, -0.25) is 9.59 Å². The fourth-order valence-corrected chi connectivity index (χ4v) is 2.32. The molecule has 0 unspecified atom stereocenters. The number of ether oxygens (including phenoxy) is 1. The lowest BCUT2D eigenvalue weighted by Gasteiger charge is -2.13. The Morgan fingerprint density at radius 1 is 1.41 bits per heavy atom. The van der Waals surface area contributed by atoms with Crippen LogP contribution in [-0.4, -0.2) is 44.4 Å². The number of hydrogen-bond acceptors (Lipinski definition) is 5. The Bertz CT molecular complexity index is 364. The number of aliphatic carboxylic acids is 1. The van der Waals surface area contributed by atoms with Gasteiger partial charge in [-0.1, -0.05) is 13.3 Å². The van der Waals surface area contributed by atoms with Gasteiger partial charge in [-0.2, -0.15) is 0 Å². The Kier molecular flexibility index (Phi) is 6.74. The van der Waals surface area contributed by atoms with Crippen LogP contribution >= 0.6 is 0 Å². The second-order valence-electron chi connectivity index (χ2n) is 3.44. The molecule has 2 N–H and O–H groups in total. The molecule has 17 heavy (non-hydrogen) atoms. The second kappa shape index (κ2) is 7.23. The first-order chi connectivity index (χ1) is 7.82. The number of carbonyl (C=O) groups is 2. The molecule has 0 bridgehead atoms. The molecule has 0 spiro atoms. The lowest BCUT2D eigenvalue weighted by molar-refractivity contribution is -0.140.